The van der Waals surface area contributed by atoms with E-state index in [-0.39, 0.29) is 11.8 Å². The predicted molar refractivity (Wildman–Crippen MR) is 65.1 cm³/mol. The van der Waals surface area contributed by atoms with Crippen LogP contribution < -0.4 is 0 Å². The quantitative estimate of drug-likeness (QED) is 0.645. The van der Waals surface area contributed by atoms with Gasteiger partial charge in [0.05, 0.1) is 11.1 Å². The van der Waals surface area contributed by atoms with Crippen molar-refractivity contribution in [2.24, 2.45) is 0 Å². The summed E-state index contributed by atoms with van der Waals surface area (Å²) in [6.45, 7) is 1.98. The van der Waals surface area contributed by atoms with E-state index < -0.39 is 0 Å². The highest BCUT2D eigenvalue weighted by Crippen LogP contribution is 2.29. The zero-order chi connectivity index (χ0) is 12.2. The van der Waals surface area contributed by atoms with E-state index in [1.165, 1.54) is 11.9 Å². The van der Waals surface area contributed by atoms with Crippen molar-refractivity contribution in [3.05, 3.63) is 47.0 Å². The van der Waals surface area contributed by atoms with Gasteiger partial charge in [-0.25, -0.2) is 0 Å². The fourth-order valence-corrected chi connectivity index (χ4v) is 2.28. The van der Waals surface area contributed by atoms with Crippen LogP contribution in [0.1, 0.15) is 26.3 Å². The van der Waals surface area contributed by atoms with Crippen molar-refractivity contribution in [2.45, 2.75) is 6.92 Å². The lowest BCUT2D eigenvalue weighted by molar-refractivity contribution is 0.0693. The van der Waals surface area contributed by atoms with E-state index in [2.05, 4.69) is 0 Å². The Morgan fingerprint density at radius 3 is 2.47 bits per heavy atom. The Hall–Kier alpha value is -2.16. The Labute approximate surface area is 98.6 Å². The largest absolute Gasteiger partial charge is 0.277 e. The van der Waals surface area contributed by atoms with Crippen LogP contribution in [0.2, 0.25) is 0 Å². The minimum atomic E-state index is -0.214. The van der Waals surface area contributed by atoms with Crippen LogP contribution in [0.5, 0.6) is 0 Å². The van der Waals surface area contributed by atoms with Crippen LogP contribution in [0.15, 0.2) is 30.3 Å². The first-order valence-corrected chi connectivity index (χ1v) is 5.45. The van der Waals surface area contributed by atoms with E-state index in [1.54, 1.807) is 6.07 Å². The third-order valence-corrected chi connectivity index (χ3v) is 3.23. The molecule has 0 radical (unpaired) electrons. The number of hydrogen-bond donors (Lipinski definition) is 0. The fraction of sp³-hybridized carbons (Fsp3) is 0.143. The van der Waals surface area contributed by atoms with Gasteiger partial charge < -0.3 is 0 Å². The monoisotopic (exact) mass is 225 g/mol. The van der Waals surface area contributed by atoms with Crippen LogP contribution in [0.4, 0.5) is 0 Å². The number of imide groups is 1. The Morgan fingerprint density at radius 2 is 1.71 bits per heavy atom. The van der Waals surface area contributed by atoms with E-state index in [0.29, 0.717) is 11.1 Å². The summed E-state index contributed by atoms with van der Waals surface area (Å²) >= 11 is 0. The van der Waals surface area contributed by atoms with Gasteiger partial charge in [0.25, 0.3) is 11.8 Å². The molecule has 0 aromatic heterocycles. The predicted octanol–water partition coefficient (Wildman–Crippen LogP) is 2.37. The van der Waals surface area contributed by atoms with Gasteiger partial charge in [-0.2, -0.15) is 0 Å². The van der Waals surface area contributed by atoms with E-state index in [1.807, 2.05) is 31.2 Å². The fourth-order valence-electron chi connectivity index (χ4n) is 2.28. The van der Waals surface area contributed by atoms with Crippen LogP contribution in [-0.2, 0) is 0 Å². The van der Waals surface area contributed by atoms with Crippen molar-refractivity contribution in [1.82, 2.24) is 4.90 Å². The molecule has 3 nitrogen and oxygen atoms in total. The maximum atomic E-state index is 12.0. The second-order valence-corrected chi connectivity index (χ2v) is 4.38. The summed E-state index contributed by atoms with van der Waals surface area (Å²) in [5.74, 6) is -0.422. The SMILES string of the molecule is Cc1ccc2ccc3c(c2c1)C(=O)N(C)C3=O. The van der Waals surface area contributed by atoms with Crippen molar-refractivity contribution in [3.63, 3.8) is 0 Å². The molecule has 0 spiro atoms. The molecule has 0 fully saturated rings. The van der Waals surface area contributed by atoms with E-state index >= 15 is 0 Å². The molecule has 3 rings (SSSR count). The standard InChI is InChI=1S/C14H11NO2/c1-8-3-4-9-5-6-10-12(11(9)7-8)14(17)15(2)13(10)16/h3-7H,1-2H3. The molecule has 0 unspecified atom stereocenters. The summed E-state index contributed by atoms with van der Waals surface area (Å²) in [6.07, 6.45) is 0. The van der Waals surface area contributed by atoms with E-state index in [9.17, 15) is 9.59 Å². The number of rotatable bonds is 0. The van der Waals surface area contributed by atoms with E-state index in [4.69, 9.17) is 0 Å². The Kier molecular flexibility index (Phi) is 1.87. The summed E-state index contributed by atoms with van der Waals surface area (Å²) in [4.78, 5) is 25.1. The molecule has 2 amide bonds. The highest BCUT2D eigenvalue weighted by Gasteiger charge is 2.33. The van der Waals surface area contributed by atoms with Crippen LogP contribution in [0, 0.1) is 6.92 Å². The van der Waals surface area contributed by atoms with Crippen molar-refractivity contribution in [3.8, 4) is 0 Å². The summed E-state index contributed by atoms with van der Waals surface area (Å²) in [7, 11) is 1.52. The van der Waals surface area contributed by atoms with Crippen LogP contribution >= 0.6 is 0 Å². The Balaban J connectivity index is 2.45. The zero-order valence-corrected chi connectivity index (χ0v) is 9.65. The Bertz CT molecular complexity index is 673. The molecule has 1 aliphatic rings. The van der Waals surface area contributed by atoms with Gasteiger partial charge >= 0.3 is 0 Å². The zero-order valence-electron chi connectivity index (χ0n) is 9.65. The van der Waals surface area contributed by atoms with Crippen molar-refractivity contribution >= 4 is 22.6 Å². The number of benzene rings is 2. The number of carbonyl (C=O) groups excluding carboxylic acids is 2. The average Bonchev–Trinajstić information content (AvgIpc) is 2.54. The summed E-state index contributed by atoms with van der Waals surface area (Å²) in [5, 5.41) is 1.86. The molecule has 1 heterocycles. The smallest absolute Gasteiger partial charge is 0.261 e. The van der Waals surface area contributed by atoms with Crippen LogP contribution in [0.3, 0.4) is 0 Å². The first kappa shape index (κ1) is 10.0. The summed E-state index contributed by atoms with van der Waals surface area (Å²) in [5.41, 5.74) is 2.13. The maximum absolute atomic E-state index is 12.0. The lowest BCUT2D eigenvalue weighted by Gasteiger charge is -2.04. The molecule has 84 valence electrons. The van der Waals surface area contributed by atoms with Gasteiger partial charge in [0.15, 0.2) is 0 Å². The van der Waals surface area contributed by atoms with Gasteiger partial charge in [0.1, 0.15) is 0 Å². The summed E-state index contributed by atoms with van der Waals surface area (Å²) in [6, 6.07) is 9.55. The molecule has 2 aromatic carbocycles. The number of fused-ring (bicyclic) bond motifs is 3. The first-order chi connectivity index (χ1) is 8.09. The minimum absolute atomic E-state index is 0.207. The van der Waals surface area contributed by atoms with Gasteiger partial charge in [-0.15, -0.1) is 0 Å². The molecule has 0 N–H and O–H groups in total. The van der Waals surface area contributed by atoms with Gasteiger partial charge in [-0.05, 0) is 23.8 Å². The van der Waals surface area contributed by atoms with Crippen molar-refractivity contribution < 1.29 is 9.59 Å². The average molecular weight is 225 g/mol. The number of amides is 2. The number of carbonyl (C=O) groups is 2. The molecule has 3 heteroatoms. The van der Waals surface area contributed by atoms with E-state index in [0.717, 1.165) is 16.3 Å². The van der Waals surface area contributed by atoms with Gasteiger partial charge in [-0.1, -0.05) is 29.8 Å². The highest BCUT2D eigenvalue weighted by molar-refractivity contribution is 6.26. The number of nitrogens with zero attached hydrogens (tertiary/aromatic N) is 1. The number of hydrogen-bond acceptors (Lipinski definition) is 2. The van der Waals surface area contributed by atoms with Crippen molar-refractivity contribution in [2.75, 3.05) is 7.05 Å². The molecule has 0 saturated carbocycles. The molecule has 17 heavy (non-hydrogen) atoms. The normalized spacial score (nSPS) is 14.6. The van der Waals surface area contributed by atoms with Crippen molar-refractivity contribution in [1.29, 1.82) is 0 Å². The van der Waals surface area contributed by atoms with Gasteiger partial charge in [0.2, 0.25) is 0 Å². The summed E-state index contributed by atoms with van der Waals surface area (Å²) < 4.78 is 0. The first-order valence-electron chi connectivity index (χ1n) is 5.45. The third kappa shape index (κ3) is 1.22. The second-order valence-electron chi connectivity index (χ2n) is 4.38. The lowest BCUT2D eigenvalue weighted by atomic mass is 9.99. The molecule has 2 aromatic rings. The molecule has 0 saturated heterocycles. The molecular formula is C14H11NO2. The topological polar surface area (TPSA) is 37.4 Å². The molecule has 1 aliphatic heterocycles. The maximum Gasteiger partial charge on any atom is 0.261 e. The third-order valence-electron chi connectivity index (χ3n) is 3.23. The molecule has 0 bridgehead atoms. The Morgan fingerprint density at radius 1 is 1.00 bits per heavy atom. The molecule has 0 aliphatic carbocycles. The second kappa shape index (κ2) is 3.17. The van der Waals surface area contributed by atoms with Crippen LogP contribution in [-0.4, -0.2) is 23.8 Å². The van der Waals surface area contributed by atoms with Gasteiger partial charge in [-0.3, -0.25) is 14.5 Å². The lowest BCUT2D eigenvalue weighted by Crippen LogP contribution is -2.24. The highest BCUT2D eigenvalue weighted by atomic mass is 16.2. The number of aryl methyl sites for hydroxylation is 1. The molecular weight excluding hydrogens is 214 g/mol. The van der Waals surface area contributed by atoms with Gasteiger partial charge in [0, 0.05) is 7.05 Å². The molecule has 0 atom stereocenters. The van der Waals surface area contributed by atoms with Crippen LogP contribution in [0.25, 0.3) is 10.8 Å². The minimum Gasteiger partial charge on any atom is -0.277 e.